The molecule has 1 aliphatic rings. The molecule has 0 aromatic heterocycles. The van der Waals surface area contributed by atoms with E-state index in [0.717, 1.165) is 25.7 Å². The van der Waals surface area contributed by atoms with Crippen molar-refractivity contribution in [2.45, 2.75) is 25.7 Å². The highest BCUT2D eigenvalue weighted by Crippen LogP contribution is 2.27. The van der Waals surface area contributed by atoms with Gasteiger partial charge in [-0.05, 0) is 25.7 Å². The van der Waals surface area contributed by atoms with Gasteiger partial charge in [0.2, 0.25) is 5.91 Å². The minimum atomic E-state index is 0.172. The molecule has 12 heavy (non-hydrogen) atoms. The second kappa shape index (κ2) is 4.15. The normalized spacial score (nSPS) is 29.0. The highest BCUT2D eigenvalue weighted by molar-refractivity contribution is 5.78. The van der Waals surface area contributed by atoms with Crippen molar-refractivity contribution in [3.8, 4) is 12.3 Å². The van der Waals surface area contributed by atoms with Gasteiger partial charge in [-0.3, -0.25) is 4.79 Å². The number of amides is 1. The standard InChI is InChI=1S/C10H15NO/c1-3-8-4-6-9(7-5-8)10(12)11-2/h1,8-9H,4-7H2,2H3,(H,11,12). The third-order valence-electron chi connectivity index (χ3n) is 2.58. The summed E-state index contributed by atoms with van der Waals surface area (Å²) >= 11 is 0. The van der Waals surface area contributed by atoms with Crippen molar-refractivity contribution in [1.82, 2.24) is 5.32 Å². The van der Waals surface area contributed by atoms with E-state index in [2.05, 4.69) is 11.2 Å². The minimum absolute atomic E-state index is 0.172. The van der Waals surface area contributed by atoms with Gasteiger partial charge in [-0.1, -0.05) is 0 Å². The molecule has 1 saturated carbocycles. The molecular formula is C10H15NO. The zero-order valence-electron chi connectivity index (χ0n) is 7.47. The Morgan fingerprint density at radius 3 is 2.42 bits per heavy atom. The van der Waals surface area contributed by atoms with E-state index >= 15 is 0 Å². The molecule has 0 heterocycles. The summed E-state index contributed by atoms with van der Waals surface area (Å²) in [5, 5.41) is 2.68. The van der Waals surface area contributed by atoms with Crippen molar-refractivity contribution < 1.29 is 4.79 Å². The fraction of sp³-hybridized carbons (Fsp3) is 0.700. The van der Waals surface area contributed by atoms with Crippen molar-refractivity contribution in [2.75, 3.05) is 7.05 Å². The van der Waals surface area contributed by atoms with E-state index in [-0.39, 0.29) is 11.8 Å². The third kappa shape index (κ3) is 2.01. The number of hydrogen-bond acceptors (Lipinski definition) is 1. The molecule has 1 fully saturated rings. The zero-order valence-corrected chi connectivity index (χ0v) is 7.47. The summed E-state index contributed by atoms with van der Waals surface area (Å²) < 4.78 is 0. The van der Waals surface area contributed by atoms with Crippen LogP contribution in [0.25, 0.3) is 0 Å². The Balaban J connectivity index is 2.37. The van der Waals surface area contributed by atoms with Gasteiger partial charge in [-0.2, -0.15) is 0 Å². The van der Waals surface area contributed by atoms with E-state index in [4.69, 9.17) is 6.42 Å². The van der Waals surface area contributed by atoms with Crippen LogP contribution in [0.4, 0.5) is 0 Å². The maximum atomic E-state index is 11.2. The molecule has 0 spiro atoms. The molecule has 1 N–H and O–H groups in total. The number of nitrogens with one attached hydrogen (secondary N) is 1. The van der Waals surface area contributed by atoms with Crippen LogP contribution in [0.1, 0.15) is 25.7 Å². The molecule has 0 aliphatic heterocycles. The van der Waals surface area contributed by atoms with Crippen LogP contribution in [0.5, 0.6) is 0 Å². The first-order chi connectivity index (χ1) is 5.77. The van der Waals surface area contributed by atoms with Crippen molar-refractivity contribution in [1.29, 1.82) is 0 Å². The van der Waals surface area contributed by atoms with Crippen LogP contribution in [0.15, 0.2) is 0 Å². The van der Waals surface area contributed by atoms with Gasteiger partial charge in [0.25, 0.3) is 0 Å². The Hall–Kier alpha value is -0.970. The fourth-order valence-electron chi connectivity index (χ4n) is 1.73. The van der Waals surface area contributed by atoms with Gasteiger partial charge in [0.15, 0.2) is 0 Å². The van der Waals surface area contributed by atoms with Gasteiger partial charge in [0.05, 0.1) is 0 Å². The Bertz CT molecular complexity index is 196. The average Bonchev–Trinajstić information content (AvgIpc) is 2.17. The predicted octanol–water partition coefficient (Wildman–Crippen LogP) is 1.17. The molecule has 1 amide bonds. The monoisotopic (exact) mass is 165 g/mol. The highest BCUT2D eigenvalue weighted by atomic mass is 16.1. The molecule has 0 radical (unpaired) electrons. The fourth-order valence-corrected chi connectivity index (χ4v) is 1.73. The lowest BCUT2D eigenvalue weighted by Crippen LogP contribution is -2.30. The number of hydrogen-bond donors (Lipinski definition) is 1. The quantitative estimate of drug-likeness (QED) is 0.581. The van der Waals surface area contributed by atoms with E-state index in [1.807, 2.05) is 0 Å². The lowest BCUT2D eigenvalue weighted by molar-refractivity contribution is -0.125. The molecule has 1 rings (SSSR count). The number of carbonyl (C=O) groups excluding carboxylic acids is 1. The predicted molar refractivity (Wildman–Crippen MR) is 48.3 cm³/mol. The van der Waals surface area contributed by atoms with E-state index in [0.29, 0.717) is 5.92 Å². The van der Waals surface area contributed by atoms with Crippen LogP contribution in [-0.4, -0.2) is 13.0 Å². The summed E-state index contributed by atoms with van der Waals surface area (Å²) in [5.74, 6) is 3.54. The average molecular weight is 165 g/mol. The van der Waals surface area contributed by atoms with E-state index in [9.17, 15) is 4.79 Å². The second-order valence-electron chi connectivity index (χ2n) is 3.33. The lowest BCUT2D eigenvalue weighted by atomic mass is 9.82. The van der Waals surface area contributed by atoms with Crippen LogP contribution >= 0.6 is 0 Å². The molecule has 0 aromatic rings. The van der Waals surface area contributed by atoms with Crippen LogP contribution in [0.3, 0.4) is 0 Å². The Kier molecular flexibility index (Phi) is 3.16. The van der Waals surface area contributed by atoms with Crippen molar-refractivity contribution in [2.24, 2.45) is 11.8 Å². The van der Waals surface area contributed by atoms with Gasteiger partial charge in [-0.25, -0.2) is 0 Å². The minimum Gasteiger partial charge on any atom is -0.359 e. The first-order valence-electron chi connectivity index (χ1n) is 4.45. The summed E-state index contributed by atoms with van der Waals surface area (Å²) in [4.78, 5) is 11.2. The molecule has 0 saturated heterocycles. The van der Waals surface area contributed by atoms with E-state index in [1.54, 1.807) is 7.05 Å². The van der Waals surface area contributed by atoms with Crippen LogP contribution in [-0.2, 0) is 4.79 Å². The molecular weight excluding hydrogens is 150 g/mol. The Labute approximate surface area is 73.7 Å². The molecule has 2 heteroatoms. The number of carbonyl (C=O) groups is 1. The SMILES string of the molecule is C#CC1CCC(C(=O)NC)CC1. The van der Waals surface area contributed by atoms with Gasteiger partial charge < -0.3 is 5.32 Å². The molecule has 0 unspecified atom stereocenters. The summed E-state index contributed by atoms with van der Waals surface area (Å²) in [7, 11) is 1.69. The molecule has 0 atom stereocenters. The van der Waals surface area contributed by atoms with Crippen molar-refractivity contribution in [3.63, 3.8) is 0 Å². The largest absolute Gasteiger partial charge is 0.359 e. The summed E-state index contributed by atoms with van der Waals surface area (Å²) in [6.45, 7) is 0. The van der Waals surface area contributed by atoms with Gasteiger partial charge in [0, 0.05) is 18.9 Å². The number of rotatable bonds is 1. The smallest absolute Gasteiger partial charge is 0.222 e. The summed E-state index contributed by atoms with van der Waals surface area (Å²) in [5.41, 5.74) is 0. The maximum absolute atomic E-state index is 11.2. The molecule has 66 valence electrons. The highest BCUT2D eigenvalue weighted by Gasteiger charge is 2.24. The van der Waals surface area contributed by atoms with Gasteiger partial charge in [0.1, 0.15) is 0 Å². The van der Waals surface area contributed by atoms with E-state index < -0.39 is 0 Å². The van der Waals surface area contributed by atoms with Crippen LogP contribution < -0.4 is 5.32 Å². The second-order valence-corrected chi connectivity index (χ2v) is 3.33. The first-order valence-corrected chi connectivity index (χ1v) is 4.45. The van der Waals surface area contributed by atoms with Crippen LogP contribution in [0, 0.1) is 24.2 Å². The zero-order chi connectivity index (χ0) is 8.97. The molecule has 0 aromatic carbocycles. The Morgan fingerprint density at radius 1 is 1.42 bits per heavy atom. The lowest BCUT2D eigenvalue weighted by Gasteiger charge is -2.23. The summed E-state index contributed by atoms with van der Waals surface area (Å²) in [6.07, 6.45) is 9.23. The number of terminal acetylenes is 1. The van der Waals surface area contributed by atoms with Crippen LogP contribution in [0.2, 0.25) is 0 Å². The van der Waals surface area contributed by atoms with Gasteiger partial charge in [-0.15, -0.1) is 12.3 Å². The maximum Gasteiger partial charge on any atom is 0.222 e. The topological polar surface area (TPSA) is 29.1 Å². The third-order valence-corrected chi connectivity index (χ3v) is 2.58. The first kappa shape index (κ1) is 9.12. The molecule has 2 nitrogen and oxygen atoms in total. The van der Waals surface area contributed by atoms with Crippen molar-refractivity contribution in [3.05, 3.63) is 0 Å². The summed E-state index contributed by atoms with van der Waals surface area (Å²) in [6, 6.07) is 0. The van der Waals surface area contributed by atoms with Gasteiger partial charge >= 0.3 is 0 Å². The van der Waals surface area contributed by atoms with Crippen molar-refractivity contribution >= 4 is 5.91 Å². The molecule has 1 aliphatic carbocycles. The van der Waals surface area contributed by atoms with E-state index in [1.165, 1.54) is 0 Å². The molecule has 0 bridgehead atoms. The Morgan fingerprint density at radius 2 is 2.00 bits per heavy atom.